The van der Waals surface area contributed by atoms with Crippen molar-refractivity contribution in [3.63, 3.8) is 0 Å². The molecule has 0 fully saturated rings. The van der Waals surface area contributed by atoms with Crippen LogP contribution in [0.2, 0.25) is 0 Å². The molecule has 0 bridgehead atoms. The van der Waals surface area contributed by atoms with E-state index in [4.69, 9.17) is 5.73 Å². The van der Waals surface area contributed by atoms with Crippen LogP contribution < -0.4 is 5.73 Å². The molecule has 2 N–H and O–H groups in total. The highest BCUT2D eigenvalue weighted by atomic mass is 19.1. The van der Waals surface area contributed by atoms with Crippen molar-refractivity contribution in [3.8, 4) is 0 Å². The minimum Gasteiger partial charge on any atom is -0.323 e. The largest absolute Gasteiger partial charge is 0.323 e. The van der Waals surface area contributed by atoms with E-state index < -0.39 is 16.8 Å². The molecule has 5 heteroatoms. The van der Waals surface area contributed by atoms with Crippen molar-refractivity contribution in [2.45, 2.75) is 26.8 Å². The van der Waals surface area contributed by atoms with Gasteiger partial charge in [0.25, 0.3) is 5.69 Å². The normalized spacial score (nSPS) is 13.6. The van der Waals surface area contributed by atoms with E-state index in [1.807, 2.05) is 20.8 Å². The van der Waals surface area contributed by atoms with Gasteiger partial charge in [-0.25, -0.2) is 4.39 Å². The minimum absolute atomic E-state index is 0.262. The monoisotopic (exact) mass is 226 g/mol. The number of benzene rings is 1. The van der Waals surface area contributed by atoms with Crippen LogP contribution in [0.4, 0.5) is 10.1 Å². The van der Waals surface area contributed by atoms with E-state index in [0.29, 0.717) is 5.56 Å². The quantitative estimate of drug-likeness (QED) is 0.622. The second-order valence-electron chi connectivity index (χ2n) is 4.80. The van der Waals surface area contributed by atoms with Crippen molar-refractivity contribution in [2.24, 2.45) is 11.1 Å². The van der Waals surface area contributed by atoms with Gasteiger partial charge in [0.2, 0.25) is 0 Å². The zero-order valence-electron chi connectivity index (χ0n) is 9.53. The third-order valence-electron chi connectivity index (χ3n) is 2.46. The Morgan fingerprint density at radius 1 is 1.44 bits per heavy atom. The van der Waals surface area contributed by atoms with Gasteiger partial charge in [0, 0.05) is 11.6 Å². The van der Waals surface area contributed by atoms with E-state index in [9.17, 15) is 14.5 Å². The van der Waals surface area contributed by atoms with Crippen molar-refractivity contribution < 1.29 is 9.31 Å². The molecule has 0 heterocycles. The number of nitro groups is 1. The minimum atomic E-state index is -0.628. The van der Waals surface area contributed by atoms with Crippen LogP contribution >= 0.6 is 0 Å². The van der Waals surface area contributed by atoms with Gasteiger partial charge in [-0.15, -0.1) is 0 Å². The maximum absolute atomic E-state index is 12.9. The zero-order valence-corrected chi connectivity index (χ0v) is 9.53. The van der Waals surface area contributed by atoms with Gasteiger partial charge >= 0.3 is 0 Å². The first-order valence-corrected chi connectivity index (χ1v) is 4.93. The molecule has 16 heavy (non-hydrogen) atoms. The fourth-order valence-electron chi connectivity index (χ4n) is 1.40. The average molecular weight is 226 g/mol. The summed E-state index contributed by atoms with van der Waals surface area (Å²) in [7, 11) is 0. The van der Waals surface area contributed by atoms with E-state index >= 15 is 0 Å². The SMILES string of the molecule is CC(C)(C)[C@@H](N)c1ccc(F)cc1[N+](=O)[O-]. The van der Waals surface area contributed by atoms with E-state index in [0.717, 1.165) is 6.07 Å². The fourth-order valence-corrected chi connectivity index (χ4v) is 1.40. The van der Waals surface area contributed by atoms with Crippen molar-refractivity contribution in [1.29, 1.82) is 0 Å². The topological polar surface area (TPSA) is 69.2 Å². The van der Waals surface area contributed by atoms with E-state index in [2.05, 4.69) is 0 Å². The Balaban J connectivity index is 3.28. The highest BCUT2D eigenvalue weighted by Crippen LogP contribution is 2.35. The van der Waals surface area contributed by atoms with Crippen molar-refractivity contribution in [1.82, 2.24) is 0 Å². The fraction of sp³-hybridized carbons (Fsp3) is 0.455. The van der Waals surface area contributed by atoms with Gasteiger partial charge in [-0.3, -0.25) is 10.1 Å². The molecule has 88 valence electrons. The Hall–Kier alpha value is -1.49. The van der Waals surface area contributed by atoms with Crippen LogP contribution in [-0.4, -0.2) is 4.92 Å². The summed E-state index contributed by atoms with van der Waals surface area (Å²) >= 11 is 0. The van der Waals surface area contributed by atoms with Crippen LogP contribution in [0.25, 0.3) is 0 Å². The lowest BCUT2D eigenvalue weighted by molar-refractivity contribution is -0.386. The summed E-state index contributed by atoms with van der Waals surface area (Å²) in [5.74, 6) is -0.628. The molecule has 0 saturated carbocycles. The molecule has 0 amide bonds. The lowest BCUT2D eigenvalue weighted by atomic mass is 9.82. The average Bonchev–Trinajstić information content (AvgIpc) is 2.15. The highest BCUT2D eigenvalue weighted by molar-refractivity contribution is 5.43. The molecule has 0 aliphatic carbocycles. The van der Waals surface area contributed by atoms with Crippen LogP contribution in [0, 0.1) is 21.3 Å². The van der Waals surface area contributed by atoms with Gasteiger partial charge in [0.15, 0.2) is 0 Å². The smallest absolute Gasteiger partial charge is 0.277 e. The zero-order chi connectivity index (χ0) is 12.5. The highest BCUT2D eigenvalue weighted by Gasteiger charge is 2.28. The molecule has 1 aromatic rings. The van der Waals surface area contributed by atoms with Gasteiger partial charge in [-0.05, 0) is 17.5 Å². The second kappa shape index (κ2) is 4.17. The number of halogens is 1. The first-order chi connectivity index (χ1) is 7.23. The molecular weight excluding hydrogens is 211 g/mol. The van der Waals surface area contributed by atoms with E-state index in [-0.39, 0.29) is 11.1 Å². The van der Waals surface area contributed by atoms with Crippen LogP contribution in [0.3, 0.4) is 0 Å². The first-order valence-electron chi connectivity index (χ1n) is 4.93. The molecule has 0 spiro atoms. The van der Waals surface area contributed by atoms with E-state index in [1.54, 1.807) is 0 Å². The lowest BCUT2D eigenvalue weighted by Crippen LogP contribution is -2.27. The first kappa shape index (κ1) is 12.6. The predicted molar refractivity (Wildman–Crippen MR) is 59.4 cm³/mol. The Morgan fingerprint density at radius 3 is 2.44 bits per heavy atom. The maximum atomic E-state index is 12.9. The van der Waals surface area contributed by atoms with E-state index in [1.165, 1.54) is 12.1 Å². The molecule has 0 aliphatic heterocycles. The number of nitrogens with two attached hydrogens (primary N) is 1. The predicted octanol–water partition coefficient (Wildman–Crippen LogP) is 2.78. The van der Waals surface area contributed by atoms with Crippen molar-refractivity contribution in [2.75, 3.05) is 0 Å². The standard InChI is InChI=1S/C11H15FN2O2/c1-11(2,3)10(13)8-5-4-7(12)6-9(8)14(15)16/h4-6,10H,13H2,1-3H3/t10-/m0/s1. The van der Waals surface area contributed by atoms with Gasteiger partial charge in [0.1, 0.15) is 5.82 Å². The number of hydrogen-bond acceptors (Lipinski definition) is 3. The molecule has 0 saturated heterocycles. The summed E-state index contributed by atoms with van der Waals surface area (Å²) in [6.45, 7) is 5.64. The van der Waals surface area contributed by atoms with Crippen molar-refractivity contribution >= 4 is 5.69 Å². The Morgan fingerprint density at radius 2 is 2.00 bits per heavy atom. The maximum Gasteiger partial charge on any atom is 0.277 e. The van der Waals surface area contributed by atoms with Crippen molar-refractivity contribution in [3.05, 3.63) is 39.7 Å². The summed E-state index contributed by atoms with van der Waals surface area (Å²) in [4.78, 5) is 10.2. The van der Waals surface area contributed by atoms with Crippen LogP contribution in [0.5, 0.6) is 0 Å². The number of rotatable bonds is 2. The Labute approximate surface area is 93.4 Å². The summed E-state index contributed by atoms with van der Waals surface area (Å²) in [5, 5.41) is 10.8. The van der Waals surface area contributed by atoms with Gasteiger partial charge < -0.3 is 5.73 Å². The summed E-state index contributed by atoms with van der Waals surface area (Å²) in [6.07, 6.45) is 0. The molecule has 1 atom stereocenters. The third kappa shape index (κ3) is 2.55. The van der Waals surface area contributed by atoms with Crippen LogP contribution in [-0.2, 0) is 0 Å². The number of nitrogens with zero attached hydrogens (tertiary/aromatic N) is 1. The number of nitro benzene ring substituents is 1. The summed E-state index contributed by atoms with van der Waals surface area (Å²) in [5.41, 5.74) is 5.72. The Kier molecular flexibility index (Phi) is 3.28. The van der Waals surface area contributed by atoms with Crippen LogP contribution in [0.15, 0.2) is 18.2 Å². The molecule has 1 rings (SSSR count). The summed E-state index contributed by atoms with van der Waals surface area (Å²) in [6, 6.07) is 2.96. The molecule has 4 nitrogen and oxygen atoms in total. The Bertz CT molecular complexity index is 413. The number of hydrogen-bond donors (Lipinski definition) is 1. The van der Waals surface area contributed by atoms with Gasteiger partial charge in [-0.1, -0.05) is 20.8 Å². The summed E-state index contributed by atoms with van der Waals surface area (Å²) < 4.78 is 12.9. The molecule has 0 radical (unpaired) electrons. The lowest BCUT2D eigenvalue weighted by Gasteiger charge is -2.27. The second-order valence-corrected chi connectivity index (χ2v) is 4.80. The molecular formula is C11H15FN2O2. The third-order valence-corrected chi connectivity index (χ3v) is 2.46. The van der Waals surface area contributed by atoms with Gasteiger partial charge in [-0.2, -0.15) is 0 Å². The molecule has 0 aromatic heterocycles. The van der Waals surface area contributed by atoms with Gasteiger partial charge in [0.05, 0.1) is 11.0 Å². The molecule has 0 unspecified atom stereocenters. The van der Waals surface area contributed by atoms with Crippen LogP contribution in [0.1, 0.15) is 32.4 Å². The molecule has 1 aromatic carbocycles. The molecule has 0 aliphatic rings.